The fraction of sp³-hybridized carbons (Fsp3) is 0. The monoisotopic (exact) mass is 151 g/mol. The molecule has 0 spiro atoms. The van der Waals surface area contributed by atoms with Gasteiger partial charge in [0.05, 0.1) is 0 Å². The molecule has 0 rings (SSSR count). The first-order valence-electron chi connectivity index (χ1n) is 0. The summed E-state index contributed by atoms with van der Waals surface area (Å²) in [4.78, 5) is 0. The molecule has 0 amide bonds. The van der Waals surface area contributed by atoms with E-state index in [1.54, 1.807) is 0 Å². The molecular formula is H4CoFeO2+3. The minimum absolute atomic E-state index is 0. The van der Waals surface area contributed by atoms with Gasteiger partial charge in [0.15, 0.2) is 0 Å². The molecule has 0 saturated heterocycles. The Bertz CT molecular complexity index is 6.00. The van der Waals surface area contributed by atoms with E-state index in [4.69, 9.17) is 0 Å². The van der Waals surface area contributed by atoms with Crippen LogP contribution in [0.4, 0.5) is 0 Å². The van der Waals surface area contributed by atoms with Crippen LogP contribution in [0.1, 0.15) is 0 Å². The Labute approximate surface area is 45.2 Å². The zero-order chi connectivity index (χ0) is 0. The van der Waals surface area contributed by atoms with Gasteiger partial charge in [-0.15, -0.1) is 0 Å². The first-order chi connectivity index (χ1) is 0. The van der Waals surface area contributed by atoms with Gasteiger partial charge in [0.25, 0.3) is 0 Å². The van der Waals surface area contributed by atoms with E-state index in [1.165, 1.54) is 0 Å². The van der Waals surface area contributed by atoms with Crippen LogP contribution in [0.5, 0.6) is 0 Å². The van der Waals surface area contributed by atoms with Crippen LogP contribution in [0.15, 0.2) is 0 Å². The fourth-order valence-electron chi connectivity index (χ4n) is 0. The van der Waals surface area contributed by atoms with Crippen molar-refractivity contribution in [3.05, 3.63) is 0 Å². The molecule has 0 aromatic carbocycles. The van der Waals surface area contributed by atoms with Gasteiger partial charge in [0.1, 0.15) is 0 Å². The molecule has 0 aliphatic heterocycles. The first kappa shape index (κ1) is 86.1. The van der Waals surface area contributed by atoms with Gasteiger partial charge in [-0.25, -0.2) is 0 Å². The Morgan fingerprint density at radius 3 is 0.750 bits per heavy atom. The van der Waals surface area contributed by atoms with E-state index < -0.39 is 0 Å². The molecule has 4 heavy (non-hydrogen) atoms. The van der Waals surface area contributed by atoms with Gasteiger partial charge in [-0.05, 0) is 0 Å². The number of rotatable bonds is 0. The normalized spacial score (nSPS) is 0. The molecule has 0 bridgehead atoms. The molecule has 0 aliphatic rings. The van der Waals surface area contributed by atoms with Crippen molar-refractivity contribution in [1.82, 2.24) is 0 Å². The van der Waals surface area contributed by atoms with E-state index in [-0.39, 0.29) is 44.8 Å². The van der Waals surface area contributed by atoms with Crippen molar-refractivity contribution in [2.24, 2.45) is 0 Å². The van der Waals surface area contributed by atoms with Crippen LogP contribution < -0.4 is 0 Å². The average molecular weight is 151 g/mol. The summed E-state index contributed by atoms with van der Waals surface area (Å²) in [6.07, 6.45) is 0. The van der Waals surface area contributed by atoms with Crippen LogP contribution in [0, 0.1) is 0 Å². The van der Waals surface area contributed by atoms with Crippen molar-refractivity contribution in [1.29, 1.82) is 0 Å². The molecule has 0 fully saturated rings. The standard InChI is InChI=1S/Co.Fe.2H2O/h;;2*1H2/q;+3;;. The molecule has 30 valence electrons. The Balaban J connectivity index is 0. The molecule has 0 aliphatic carbocycles. The maximum absolute atomic E-state index is 0. The Kier molecular flexibility index (Phi) is 823. The predicted molar refractivity (Wildman–Crippen MR) is 7.23 cm³/mol. The number of hydrogen-bond acceptors (Lipinski definition) is 0. The Morgan fingerprint density at radius 1 is 0.750 bits per heavy atom. The van der Waals surface area contributed by atoms with Crippen LogP contribution in [0.3, 0.4) is 0 Å². The summed E-state index contributed by atoms with van der Waals surface area (Å²) in [5, 5.41) is 0. The molecule has 0 saturated carbocycles. The van der Waals surface area contributed by atoms with Crippen molar-refractivity contribution in [3.63, 3.8) is 0 Å². The fourth-order valence-corrected chi connectivity index (χ4v) is 0. The van der Waals surface area contributed by atoms with Gasteiger partial charge in [0, 0.05) is 16.8 Å². The zero-order valence-corrected chi connectivity index (χ0v) is 3.83. The SMILES string of the molecule is O.O.[Co].[Fe+3]. The summed E-state index contributed by atoms with van der Waals surface area (Å²) in [7, 11) is 0. The zero-order valence-electron chi connectivity index (χ0n) is 1.69. The quantitative estimate of drug-likeness (QED) is 0.372. The van der Waals surface area contributed by atoms with E-state index in [2.05, 4.69) is 0 Å². The maximum Gasteiger partial charge on any atom is 3.00 e. The molecule has 0 aromatic heterocycles. The van der Waals surface area contributed by atoms with Crippen LogP contribution in [-0.2, 0) is 33.8 Å². The second-order valence-corrected chi connectivity index (χ2v) is 0. The van der Waals surface area contributed by atoms with Crippen LogP contribution in [-0.4, -0.2) is 11.0 Å². The molecule has 0 heterocycles. The Morgan fingerprint density at radius 2 is 0.750 bits per heavy atom. The second-order valence-electron chi connectivity index (χ2n) is 0. The molecule has 0 unspecified atom stereocenters. The maximum atomic E-state index is 0. The van der Waals surface area contributed by atoms with Crippen LogP contribution in [0.25, 0.3) is 0 Å². The van der Waals surface area contributed by atoms with E-state index >= 15 is 0 Å². The van der Waals surface area contributed by atoms with Crippen molar-refractivity contribution in [2.45, 2.75) is 0 Å². The van der Waals surface area contributed by atoms with E-state index in [1.807, 2.05) is 0 Å². The van der Waals surface area contributed by atoms with E-state index in [0.717, 1.165) is 0 Å². The molecule has 4 N–H and O–H groups in total. The summed E-state index contributed by atoms with van der Waals surface area (Å²) in [6.45, 7) is 0. The Hall–Kier alpha value is 0.946. The van der Waals surface area contributed by atoms with Gasteiger partial charge in [-0.2, -0.15) is 0 Å². The molecule has 0 atom stereocenters. The third kappa shape index (κ3) is 12.5. The van der Waals surface area contributed by atoms with Crippen molar-refractivity contribution in [2.75, 3.05) is 0 Å². The third-order valence-electron chi connectivity index (χ3n) is 0. The van der Waals surface area contributed by atoms with E-state index in [0.29, 0.717) is 0 Å². The smallest absolute Gasteiger partial charge is 0.412 e. The summed E-state index contributed by atoms with van der Waals surface area (Å²) in [5.74, 6) is 0. The summed E-state index contributed by atoms with van der Waals surface area (Å²) in [5.41, 5.74) is 0. The van der Waals surface area contributed by atoms with Gasteiger partial charge < -0.3 is 11.0 Å². The van der Waals surface area contributed by atoms with Gasteiger partial charge in [-0.3, -0.25) is 0 Å². The third-order valence-corrected chi connectivity index (χ3v) is 0. The summed E-state index contributed by atoms with van der Waals surface area (Å²) in [6, 6.07) is 0. The minimum Gasteiger partial charge on any atom is -0.412 e. The first-order valence-corrected chi connectivity index (χ1v) is 0. The minimum atomic E-state index is 0. The predicted octanol–water partition coefficient (Wildman–Crippen LogP) is -1.65. The largest absolute Gasteiger partial charge is 3.00 e. The average Bonchev–Trinajstić information content (AvgIpc) is 0. The molecule has 2 radical (unpaired) electrons. The van der Waals surface area contributed by atoms with Crippen LogP contribution in [0.2, 0.25) is 0 Å². The molecule has 2 nitrogen and oxygen atoms in total. The van der Waals surface area contributed by atoms with Gasteiger partial charge >= 0.3 is 17.1 Å². The van der Waals surface area contributed by atoms with Crippen molar-refractivity contribution < 1.29 is 44.8 Å². The second kappa shape index (κ2) is 38.3. The molecule has 0 aromatic rings. The molecular weight excluding hydrogens is 147 g/mol. The van der Waals surface area contributed by atoms with Crippen molar-refractivity contribution >= 4 is 0 Å². The van der Waals surface area contributed by atoms with Crippen molar-refractivity contribution in [3.8, 4) is 0 Å². The van der Waals surface area contributed by atoms with Gasteiger partial charge in [0.2, 0.25) is 0 Å². The number of hydrogen-bond donors (Lipinski definition) is 0. The van der Waals surface area contributed by atoms with Crippen LogP contribution >= 0.6 is 0 Å². The van der Waals surface area contributed by atoms with E-state index in [9.17, 15) is 0 Å². The van der Waals surface area contributed by atoms with Gasteiger partial charge in [-0.1, -0.05) is 0 Å². The topological polar surface area (TPSA) is 63.0 Å². The summed E-state index contributed by atoms with van der Waals surface area (Å²) >= 11 is 0. The summed E-state index contributed by atoms with van der Waals surface area (Å²) < 4.78 is 0. The molecule has 4 heteroatoms.